The summed E-state index contributed by atoms with van der Waals surface area (Å²) in [6.07, 6.45) is 1.06. The Kier molecular flexibility index (Phi) is 2.68. The lowest BCUT2D eigenvalue weighted by atomic mass is 10.6. The van der Waals surface area contributed by atoms with Crippen molar-refractivity contribution in [3.05, 3.63) is 16.6 Å². The van der Waals surface area contributed by atoms with Crippen LogP contribution in [0.2, 0.25) is 5.28 Å². The van der Waals surface area contributed by atoms with E-state index >= 15 is 0 Å². The van der Waals surface area contributed by atoms with Crippen molar-refractivity contribution >= 4 is 23.8 Å². The third-order valence-electron chi connectivity index (χ3n) is 1.02. The lowest BCUT2D eigenvalue weighted by Gasteiger charge is -1.96. The molecular formula is C5H5ClN6. The highest BCUT2D eigenvalue weighted by Gasteiger charge is 2.03. The van der Waals surface area contributed by atoms with E-state index in [0.29, 0.717) is 5.95 Å². The zero-order valence-corrected chi connectivity index (χ0v) is 6.95. The van der Waals surface area contributed by atoms with Gasteiger partial charge in [0.1, 0.15) is 0 Å². The first-order valence-corrected chi connectivity index (χ1v) is 3.41. The van der Waals surface area contributed by atoms with Gasteiger partial charge in [-0.2, -0.15) is 19.7 Å². The van der Waals surface area contributed by atoms with Gasteiger partial charge in [-0.05, 0) is 11.6 Å². The SMILES string of the molecule is CNc1nc(Cl)nc(C=[N+]=[N-])n1. The van der Waals surface area contributed by atoms with Crippen molar-refractivity contribution in [2.45, 2.75) is 0 Å². The van der Waals surface area contributed by atoms with Crippen LogP contribution in [0.3, 0.4) is 0 Å². The normalized spacial score (nSPS) is 8.83. The third-order valence-corrected chi connectivity index (χ3v) is 1.19. The number of anilines is 1. The molecule has 1 aromatic heterocycles. The van der Waals surface area contributed by atoms with E-state index in [1.807, 2.05) is 0 Å². The third kappa shape index (κ3) is 1.98. The largest absolute Gasteiger partial charge is 0.361 e. The lowest BCUT2D eigenvalue weighted by Crippen LogP contribution is -2.02. The molecule has 0 aliphatic carbocycles. The van der Waals surface area contributed by atoms with E-state index in [1.54, 1.807) is 7.05 Å². The molecule has 0 radical (unpaired) electrons. The molecule has 0 atom stereocenters. The molecule has 1 rings (SSSR count). The van der Waals surface area contributed by atoms with Crippen molar-refractivity contribution in [2.24, 2.45) is 0 Å². The van der Waals surface area contributed by atoms with Crippen molar-refractivity contribution in [3.8, 4) is 0 Å². The summed E-state index contributed by atoms with van der Waals surface area (Å²) in [6, 6.07) is 0. The van der Waals surface area contributed by atoms with Crippen LogP contribution in [0.4, 0.5) is 5.95 Å². The van der Waals surface area contributed by atoms with Crippen LogP contribution < -0.4 is 5.32 Å². The Morgan fingerprint density at radius 2 is 2.25 bits per heavy atom. The topological polar surface area (TPSA) is 87.1 Å². The molecule has 0 saturated heterocycles. The number of halogens is 1. The molecule has 12 heavy (non-hydrogen) atoms. The molecule has 0 amide bonds. The van der Waals surface area contributed by atoms with Crippen LogP contribution in [0.25, 0.3) is 5.53 Å². The van der Waals surface area contributed by atoms with Crippen LogP contribution in [-0.4, -0.2) is 33.0 Å². The maximum atomic E-state index is 8.18. The first kappa shape index (κ1) is 8.58. The summed E-state index contributed by atoms with van der Waals surface area (Å²) in [4.78, 5) is 14.0. The number of nitrogens with one attached hydrogen (secondary N) is 1. The quantitative estimate of drug-likeness (QED) is 0.405. The standard InChI is InChI=1S/C5H5ClN6/c1-8-5-11-3(2-9-7)10-4(6)12-5/h2H,1H3,(H,8,10,11,12). The summed E-state index contributed by atoms with van der Waals surface area (Å²) in [5, 5.41) is 2.72. The van der Waals surface area contributed by atoms with E-state index in [4.69, 9.17) is 17.1 Å². The number of nitrogens with zero attached hydrogens (tertiary/aromatic N) is 5. The van der Waals surface area contributed by atoms with E-state index in [9.17, 15) is 0 Å². The number of hydrogen-bond acceptors (Lipinski definition) is 4. The summed E-state index contributed by atoms with van der Waals surface area (Å²) in [7, 11) is 1.64. The second-order valence-electron chi connectivity index (χ2n) is 1.78. The van der Waals surface area contributed by atoms with Gasteiger partial charge < -0.3 is 10.8 Å². The number of hydrogen-bond donors (Lipinski definition) is 1. The average molecular weight is 185 g/mol. The van der Waals surface area contributed by atoms with Crippen LogP contribution in [0, 0.1) is 0 Å². The molecule has 1 N–H and O–H groups in total. The van der Waals surface area contributed by atoms with E-state index < -0.39 is 0 Å². The molecule has 0 bridgehead atoms. The average Bonchev–Trinajstić information content (AvgIpc) is 2.04. The van der Waals surface area contributed by atoms with Crippen molar-refractivity contribution in [2.75, 3.05) is 12.4 Å². The van der Waals surface area contributed by atoms with Gasteiger partial charge >= 0.3 is 6.21 Å². The van der Waals surface area contributed by atoms with E-state index in [0.717, 1.165) is 6.21 Å². The van der Waals surface area contributed by atoms with Crippen LogP contribution >= 0.6 is 11.6 Å². The maximum absolute atomic E-state index is 8.18. The van der Waals surface area contributed by atoms with E-state index in [2.05, 4.69) is 25.1 Å². The first-order chi connectivity index (χ1) is 5.76. The smallest absolute Gasteiger partial charge is 0.325 e. The van der Waals surface area contributed by atoms with Gasteiger partial charge in [-0.1, -0.05) is 0 Å². The number of rotatable bonds is 2. The monoisotopic (exact) mass is 184 g/mol. The van der Waals surface area contributed by atoms with Gasteiger partial charge in [0, 0.05) is 7.05 Å². The Morgan fingerprint density at radius 3 is 2.83 bits per heavy atom. The lowest BCUT2D eigenvalue weighted by molar-refractivity contribution is 0.00393. The van der Waals surface area contributed by atoms with Crippen molar-refractivity contribution in [1.82, 2.24) is 15.0 Å². The van der Waals surface area contributed by atoms with E-state index in [-0.39, 0.29) is 11.1 Å². The number of aromatic nitrogens is 3. The van der Waals surface area contributed by atoms with Crippen LogP contribution in [0.1, 0.15) is 5.82 Å². The molecule has 1 aromatic rings. The molecule has 0 aliphatic rings. The molecular weight excluding hydrogens is 180 g/mol. The fraction of sp³-hybridized carbons (Fsp3) is 0.200. The second kappa shape index (κ2) is 3.75. The van der Waals surface area contributed by atoms with Gasteiger partial charge in [0.05, 0.1) is 0 Å². The van der Waals surface area contributed by atoms with Gasteiger partial charge in [0.25, 0.3) is 0 Å². The minimum Gasteiger partial charge on any atom is -0.361 e. The van der Waals surface area contributed by atoms with Gasteiger partial charge in [-0.25, -0.2) is 0 Å². The molecule has 6 nitrogen and oxygen atoms in total. The first-order valence-electron chi connectivity index (χ1n) is 3.03. The van der Waals surface area contributed by atoms with Gasteiger partial charge in [-0.15, -0.1) is 0 Å². The highest BCUT2D eigenvalue weighted by atomic mass is 35.5. The molecule has 0 aromatic carbocycles. The Bertz CT molecular complexity index is 331. The summed E-state index contributed by atoms with van der Waals surface area (Å²) < 4.78 is 0. The molecule has 0 unspecified atom stereocenters. The molecule has 0 aliphatic heterocycles. The predicted molar refractivity (Wildman–Crippen MR) is 43.2 cm³/mol. The zero-order chi connectivity index (χ0) is 8.97. The van der Waals surface area contributed by atoms with Crippen molar-refractivity contribution in [1.29, 1.82) is 0 Å². The minimum atomic E-state index is 0.0456. The Morgan fingerprint density at radius 1 is 1.50 bits per heavy atom. The van der Waals surface area contributed by atoms with Gasteiger partial charge in [-0.3, -0.25) is 0 Å². The van der Waals surface area contributed by atoms with Crippen molar-refractivity contribution < 1.29 is 4.79 Å². The molecule has 0 saturated carbocycles. The van der Waals surface area contributed by atoms with Crippen LogP contribution in [-0.2, 0) is 0 Å². The Balaban J connectivity index is 3.14. The van der Waals surface area contributed by atoms with Crippen molar-refractivity contribution in [3.63, 3.8) is 0 Å². The molecule has 62 valence electrons. The second-order valence-corrected chi connectivity index (χ2v) is 2.12. The Hall–Kier alpha value is -1.52. The van der Waals surface area contributed by atoms with Gasteiger partial charge in [0.15, 0.2) is 0 Å². The minimum absolute atomic E-state index is 0.0456. The van der Waals surface area contributed by atoms with Crippen LogP contribution in [0.15, 0.2) is 0 Å². The summed E-state index contributed by atoms with van der Waals surface area (Å²) in [5.41, 5.74) is 8.18. The van der Waals surface area contributed by atoms with Crippen LogP contribution in [0.5, 0.6) is 0 Å². The summed E-state index contributed by atoms with van der Waals surface area (Å²) in [5.74, 6) is 0.520. The molecule has 0 fully saturated rings. The predicted octanol–water partition coefficient (Wildman–Crippen LogP) is 0.215. The summed E-state index contributed by atoms with van der Waals surface area (Å²) in [6.45, 7) is 0. The Labute approximate surface area is 73.3 Å². The molecule has 7 heteroatoms. The molecule has 0 spiro atoms. The van der Waals surface area contributed by atoms with Gasteiger partial charge in [0.2, 0.25) is 17.1 Å². The maximum Gasteiger partial charge on any atom is 0.325 e. The molecule has 1 heterocycles. The van der Waals surface area contributed by atoms with E-state index in [1.165, 1.54) is 0 Å². The highest BCUT2D eigenvalue weighted by molar-refractivity contribution is 6.28. The highest BCUT2D eigenvalue weighted by Crippen LogP contribution is 2.03. The fourth-order valence-corrected chi connectivity index (χ4v) is 0.753. The zero-order valence-electron chi connectivity index (χ0n) is 6.19. The summed E-state index contributed by atoms with van der Waals surface area (Å²) >= 11 is 5.52. The fourth-order valence-electron chi connectivity index (χ4n) is 0.587.